The summed E-state index contributed by atoms with van der Waals surface area (Å²) >= 11 is 0. The minimum absolute atomic E-state index is 0.108. The molecule has 3 aromatic rings. The first-order chi connectivity index (χ1) is 16.0. The van der Waals surface area contributed by atoms with Crippen LogP contribution in [-0.4, -0.2) is 27.4 Å². The molecule has 1 saturated heterocycles. The first-order valence-electron chi connectivity index (χ1n) is 11.3. The largest absolute Gasteiger partial charge is 0.272 e. The van der Waals surface area contributed by atoms with Gasteiger partial charge in [0.05, 0.1) is 36.0 Å². The van der Waals surface area contributed by atoms with Crippen molar-refractivity contribution in [3.05, 3.63) is 65.4 Å². The van der Waals surface area contributed by atoms with Crippen molar-refractivity contribution >= 4 is 16.8 Å². The van der Waals surface area contributed by atoms with Gasteiger partial charge in [0.2, 0.25) is 5.91 Å². The van der Waals surface area contributed by atoms with Crippen LogP contribution in [0, 0.1) is 34.8 Å². The number of benzene rings is 2. The number of aromatic nitrogens is 2. The van der Waals surface area contributed by atoms with E-state index in [4.69, 9.17) is 4.84 Å². The predicted octanol–water partition coefficient (Wildman–Crippen LogP) is 4.90. The average Bonchev–Trinajstić information content (AvgIpc) is 3.46. The van der Waals surface area contributed by atoms with Crippen LogP contribution in [0.15, 0.2) is 42.6 Å². The molecule has 1 saturated carbocycles. The highest BCUT2D eigenvalue weighted by molar-refractivity contribution is 5.80. The lowest BCUT2D eigenvalue weighted by molar-refractivity contribution is -0.183. The van der Waals surface area contributed by atoms with E-state index < -0.39 is 17.7 Å². The lowest BCUT2D eigenvalue weighted by Gasteiger charge is -2.32. The smallest absolute Gasteiger partial charge is 0.249 e. The fourth-order valence-corrected chi connectivity index (χ4v) is 5.06. The molecule has 33 heavy (non-hydrogen) atoms. The third-order valence-corrected chi connectivity index (χ3v) is 6.79. The Labute approximate surface area is 190 Å². The fraction of sp³-hybridized carbons (Fsp3) is 0.400. The Kier molecular flexibility index (Phi) is 5.81. The van der Waals surface area contributed by atoms with Gasteiger partial charge in [-0.05, 0) is 67.5 Å². The molecule has 6 nitrogen and oxygen atoms in total. The molecule has 1 aliphatic heterocycles. The maximum absolute atomic E-state index is 13.7. The number of rotatable bonds is 4. The van der Waals surface area contributed by atoms with Crippen molar-refractivity contribution in [3.8, 4) is 6.07 Å². The second-order valence-corrected chi connectivity index (χ2v) is 8.93. The van der Waals surface area contributed by atoms with Gasteiger partial charge in [-0.1, -0.05) is 0 Å². The fourth-order valence-electron chi connectivity index (χ4n) is 5.06. The van der Waals surface area contributed by atoms with Crippen molar-refractivity contribution in [1.29, 1.82) is 5.26 Å². The number of hydrogen-bond donors (Lipinski definition) is 0. The maximum atomic E-state index is 13.7. The number of fused-ring (bicyclic) bond motifs is 1. The summed E-state index contributed by atoms with van der Waals surface area (Å²) in [6, 6.07) is 10.6. The topological polar surface area (TPSA) is 71.2 Å². The monoisotopic (exact) mass is 450 g/mol. The zero-order valence-corrected chi connectivity index (χ0v) is 18.1. The number of amides is 1. The quantitative estimate of drug-likeness (QED) is 0.567. The molecule has 2 aliphatic rings. The zero-order chi connectivity index (χ0) is 22.9. The van der Waals surface area contributed by atoms with Crippen molar-refractivity contribution in [2.45, 2.75) is 44.7 Å². The van der Waals surface area contributed by atoms with E-state index in [0.717, 1.165) is 49.2 Å². The molecule has 1 amide bonds. The van der Waals surface area contributed by atoms with Crippen molar-refractivity contribution in [2.24, 2.45) is 11.8 Å². The molecule has 0 radical (unpaired) electrons. The predicted molar refractivity (Wildman–Crippen MR) is 116 cm³/mol. The Hall–Kier alpha value is -3.31. The maximum Gasteiger partial charge on any atom is 0.249 e. The summed E-state index contributed by atoms with van der Waals surface area (Å²) < 4.78 is 29.3. The zero-order valence-electron chi connectivity index (χ0n) is 18.1. The van der Waals surface area contributed by atoms with Crippen LogP contribution < -0.4 is 0 Å². The van der Waals surface area contributed by atoms with Gasteiger partial charge in [0, 0.05) is 30.3 Å². The molecule has 0 N–H and O–H groups in total. The highest BCUT2D eigenvalue weighted by Crippen LogP contribution is 2.37. The molecule has 8 heteroatoms. The van der Waals surface area contributed by atoms with Crippen LogP contribution in [0.3, 0.4) is 0 Å². The SMILES string of the molecule is N#Cc1ccc2cnn(CC3CCC(C(=O)N4OCC[C@H]4c4cc(F)cc(F)c4)CC3)c2c1. The highest BCUT2D eigenvalue weighted by atomic mass is 19.1. The van der Waals surface area contributed by atoms with Crippen molar-refractivity contribution in [2.75, 3.05) is 6.61 Å². The Morgan fingerprint density at radius 2 is 1.85 bits per heavy atom. The molecule has 0 unspecified atom stereocenters. The van der Waals surface area contributed by atoms with Crippen molar-refractivity contribution < 1.29 is 18.4 Å². The van der Waals surface area contributed by atoms with Gasteiger partial charge >= 0.3 is 0 Å². The lowest BCUT2D eigenvalue weighted by atomic mass is 9.81. The minimum Gasteiger partial charge on any atom is -0.272 e. The van der Waals surface area contributed by atoms with Crippen LogP contribution >= 0.6 is 0 Å². The molecule has 2 heterocycles. The Balaban J connectivity index is 1.23. The van der Waals surface area contributed by atoms with E-state index in [-0.39, 0.29) is 11.8 Å². The molecule has 1 atom stereocenters. The summed E-state index contributed by atoms with van der Waals surface area (Å²) in [6.07, 6.45) is 5.55. The molecule has 1 aromatic heterocycles. The summed E-state index contributed by atoms with van der Waals surface area (Å²) in [5.41, 5.74) is 1.98. The molecule has 170 valence electrons. The first kappa shape index (κ1) is 21.5. The normalized spacial score (nSPS) is 23.1. The summed E-state index contributed by atoms with van der Waals surface area (Å²) in [5.74, 6) is -1.20. The summed E-state index contributed by atoms with van der Waals surface area (Å²) in [6.45, 7) is 1.09. The van der Waals surface area contributed by atoms with Crippen LogP contribution in [0.4, 0.5) is 8.78 Å². The van der Waals surface area contributed by atoms with Gasteiger partial charge in [-0.2, -0.15) is 10.4 Å². The third-order valence-electron chi connectivity index (χ3n) is 6.79. The average molecular weight is 450 g/mol. The number of hydroxylamine groups is 2. The van der Waals surface area contributed by atoms with Gasteiger partial charge in [-0.3, -0.25) is 14.3 Å². The van der Waals surface area contributed by atoms with Crippen LogP contribution in [0.25, 0.3) is 10.9 Å². The summed E-state index contributed by atoms with van der Waals surface area (Å²) in [4.78, 5) is 18.8. The summed E-state index contributed by atoms with van der Waals surface area (Å²) in [7, 11) is 0. The lowest BCUT2D eigenvalue weighted by Crippen LogP contribution is -2.37. The van der Waals surface area contributed by atoms with E-state index in [1.165, 1.54) is 17.2 Å². The van der Waals surface area contributed by atoms with Crippen LogP contribution in [0.2, 0.25) is 0 Å². The molecule has 2 aromatic carbocycles. The van der Waals surface area contributed by atoms with E-state index >= 15 is 0 Å². The first-order valence-corrected chi connectivity index (χ1v) is 11.3. The Morgan fingerprint density at radius 3 is 2.58 bits per heavy atom. The Morgan fingerprint density at radius 1 is 1.09 bits per heavy atom. The minimum atomic E-state index is -0.655. The number of halogens is 2. The van der Waals surface area contributed by atoms with Gasteiger partial charge in [0.15, 0.2) is 0 Å². The number of carbonyl (C=O) groups excluding carboxylic acids is 1. The standard InChI is InChI=1S/C25H24F2N4O2/c26-21-10-20(11-22(27)12-21)23-7-8-33-31(23)25(32)18-4-1-16(2-5-18)15-30-24-9-17(13-28)3-6-19(24)14-29-30/h3,6,9-12,14,16,18,23H,1-2,4-5,7-8,15H2/t16?,18?,23-/m0/s1. The van der Waals surface area contributed by atoms with Crippen molar-refractivity contribution in [1.82, 2.24) is 14.8 Å². The van der Waals surface area contributed by atoms with E-state index in [0.29, 0.717) is 30.1 Å². The van der Waals surface area contributed by atoms with Gasteiger partial charge in [-0.15, -0.1) is 0 Å². The molecule has 0 bridgehead atoms. The molecular formula is C25H24F2N4O2. The van der Waals surface area contributed by atoms with Crippen LogP contribution in [0.5, 0.6) is 0 Å². The number of nitriles is 1. The van der Waals surface area contributed by atoms with Gasteiger partial charge in [-0.25, -0.2) is 13.8 Å². The summed E-state index contributed by atoms with van der Waals surface area (Å²) in [5, 5.41) is 16.0. The highest BCUT2D eigenvalue weighted by Gasteiger charge is 2.37. The van der Waals surface area contributed by atoms with Gasteiger partial charge < -0.3 is 0 Å². The van der Waals surface area contributed by atoms with Crippen LogP contribution in [0.1, 0.15) is 49.3 Å². The van der Waals surface area contributed by atoms with E-state index in [1.807, 2.05) is 23.0 Å². The second-order valence-electron chi connectivity index (χ2n) is 8.93. The van der Waals surface area contributed by atoms with E-state index in [2.05, 4.69) is 11.2 Å². The molecule has 5 rings (SSSR count). The van der Waals surface area contributed by atoms with Crippen molar-refractivity contribution in [3.63, 3.8) is 0 Å². The molecular weight excluding hydrogens is 426 g/mol. The van der Waals surface area contributed by atoms with E-state index in [1.54, 1.807) is 6.07 Å². The molecule has 0 spiro atoms. The number of nitrogens with zero attached hydrogens (tertiary/aromatic N) is 4. The Bertz CT molecular complexity index is 1210. The number of hydrogen-bond acceptors (Lipinski definition) is 4. The molecule has 1 aliphatic carbocycles. The van der Waals surface area contributed by atoms with Gasteiger partial charge in [0.25, 0.3) is 0 Å². The second kappa shape index (κ2) is 8.91. The third kappa shape index (κ3) is 4.33. The van der Waals surface area contributed by atoms with Crippen LogP contribution in [-0.2, 0) is 16.2 Å². The van der Waals surface area contributed by atoms with Gasteiger partial charge in [0.1, 0.15) is 11.6 Å². The number of carbonyl (C=O) groups is 1. The molecule has 2 fully saturated rings. The van der Waals surface area contributed by atoms with E-state index in [9.17, 15) is 18.8 Å².